The third-order valence-electron chi connectivity index (χ3n) is 1.64. The molecule has 0 saturated carbocycles. The number of hydrogen-bond acceptors (Lipinski definition) is 3. The van der Waals surface area contributed by atoms with Crippen molar-refractivity contribution < 1.29 is 18.0 Å². The fourth-order valence-electron chi connectivity index (χ4n) is 0.971. The van der Waals surface area contributed by atoms with E-state index in [1.165, 1.54) is 7.05 Å². The van der Waals surface area contributed by atoms with Crippen LogP contribution in [0, 0.1) is 0 Å². The van der Waals surface area contributed by atoms with E-state index in [9.17, 15) is 18.0 Å². The molecule has 1 heterocycles. The lowest BCUT2D eigenvalue weighted by Gasteiger charge is -1.98. The lowest BCUT2D eigenvalue weighted by Crippen LogP contribution is -2.16. The van der Waals surface area contributed by atoms with Crippen LogP contribution in [0.5, 0.6) is 0 Å². The number of aromatic nitrogens is 2. The summed E-state index contributed by atoms with van der Waals surface area (Å²) in [4.78, 5) is 11.0. The van der Waals surface area contributed by atoms with Crippen molar-refractivity contribution in [3.63, 3.8) is 0 Å². The van der Waals surface area contributed by atoms with Crippen LogP contribution < -0.4 is 5.73 Å². The average molecular weight is 207 g/mol. The Bertz CT molecular complexity index is 356. The maximum Gasteiger partial charge on any atom is 0.435 e. The van der Waals surface area contributed by atoms with Gasteiger partial charge >= 0.3 is 6.18 Å². The molecule has 0 atom stereocenters. The van der Waals surface area contributed by atoms with E-state index in [-0.39, 0.29) is 12.2 Å². The van der Waals surface area contributed by atoms with E-state index in [2.05, 4.69) is 5.10 Å². The highest BCUT2D eigenvalue weighted by Crippen LogP contribution is 2.28. The highest BCUT2D eigenvalue weighted by atomic mass is 19.4. The van der Waals surface area contributed by atoms with E-state index in [1.807, 2.05) is 0 Å². The van der Waals surface area contributed by atoms with Crippen molar-refractivity contribution >= 4 is 5.78 Å². The van der Waals surface area contributed by atoms with Crippen LogP contribution in [0.1, 0.15) is 16.2 Å². The van der Waals surface area contributed by atoms with E-state index in [0.29, 0.717) is 6.07 Å². The Morgan fingerprint density at radius 2 is 2.21 bits per heavy atom. The minimum atomic E-state index is -4.54. The number of aryl methyl sites for hydroxylation is 1. The van der Waals surface area contributed by atoms with Gasteiger partial charge in [0.25, 0.3) is 0 Å². The van der Waals surface area contributed by atoms with Crippen molar-refractivity contribution in [1.29, 1.82) is 0 Å². The van der Waals surface area contributed by atoms with Crippen LogP contribution in [-0.4, -0.2) is 22.1 Å². The fraction of sp³-hybridized carbons (Fsp3) is 0.429. The Morgan fingerprint density at radius 1 is 1.64 bits per heavy atom. The smallest absolute Gasteiger partial charge is 0.324 e. The molecule has 0 aliphatic rings. The predicted octanol–water partition coefficient (Wildman–Crippen LogP) is 0.580. The summed E-state index contributed by atoms with van der Waals surface area (Å²) in [5.41, 5.74) is 3.79. The topological polar surface area (TPSA) is 60.9 Å². The third-order valence-corrected chi connectivity index (χ3v) is 1.64. The van der Waals surface area contributed by atoms with Gasteiger partial charge in [-0.1, -0.05) is 0 Å². The zero-order chi connectivity index (χ0) is 10.9. The van der Waals surface area contributed by atoms with Crippen molar-refractivity contribution in [2.45, 2.75) is 6.18 Å². The van der Waals surface area contributed by atoms with Gasteiger partial charge in [0.2, 0.25) is 0 Å². The SMILES string of the molecule is Cn1nc(C(F)(F)F)cc1C(=O)CN. The van der Waals surface area contributed by atoms with Crippen LogP contribution in [0.25, 0.3) is 0 Å². The highest BCUT2D eigenvalue weighted by molar-refractivity contribution is 5.96. The summed E-state index contributed by atoms with van der Waals surface area (Å²) in [6, 6.07) is 0.690. The number of nitrogens with zero attached hydrogens (tertiary/aromatic N) is 2. The van der Waals surface area contributed by atoms with Crippen LogP contribution in [-0.2, 0) is 13.2 Å². The second-order valence-electron chi connectivity index (χ2n) is 2.66. The van der Waals surface area contributed by atoms with Crippen LogP contribution in [0.3, 0.4) is 0 Å². The third kappa shape index (κ3) is 1.92. The molecule has 0 bridgehead atoms. The molecule has 0 radical (unpaired) electrons. The molecule has 0 fully saturated rings. The summed E-state index contributed by atoms with van der Waals surface area (Å²) in [6.07, 6.45) is -4.54. The molecule has 78 valence electrons. The molecular weight excluding hydrogens is 199 g/mol. The molecule has 0 aliphatic carbocycles. The van der Waals surface area contributed by atoms with Gasteiger partial charge in [-0.15, -0.1) is 0 Å². The number of rotatable bonds is 2. The number of ketones is 1. The zero-order valence-corrected chi connectivity index (χ0v) is 7.30. The minimum absolute atomic E-state index is 0.139. The van der Waals surface area contributed by atoms with Gasteiger partial charge in [0.1, 0.15) is 5.69 Å². The molecule has 0 unspecified atom stereocenters. The lowest BCUT2D eigenvalue weighted by molar-refractivity contribution is -0.141. The lowest BCUT2D eigenvalue weighted by atomic mass is 10.2. The fourth-order valence-corrected chi connectivity index (χ4v) is 0.971. The highest BCUT2D eigenvalue weighted by Gasteiger charge is 2.35. The minimum Gasteiger partial charge on any atom is -0.324 e. The van der Waals surface area contributed by atoms with Crippen LogP contribution in [0.2, 0.25) is 0 Å². The molecule has 2 N–H and O–H groups in total. The van der Waals surface area contributed by atoms with Gasteiger partial charge in [-0.25, -0.2) is 0 Å². The van der Waals surface area contributed by atoms with Crippen LogP contribution in [0.15, 0.2) is 6.07 Å². The molecule has 1 aromatic heterocycles. The summed E-state index contributed by atoms with van der Waals surface area (Å²) in [5, 5.41) is 3.17. The monoisotopic (exact) mass is 207 g/mol. The summed E-state index contributed by atoms with van der Waals surface area (Å²) in [6.45, 7) is -0.336. The first-order valence-electron chi connectivity index (χ1n) is 3.70. The zero-order valence-electron chi connectivity index (χ0n) is 7.30. The molecule has 0 spiro atoms. The standard InChI is InChI=1S/C7H8F3N3O/c1-13-4(5(14)3-11)2-6(12-13)7(8,9)10/h2H,3,11H2,1H3. The Hall–Kier alpha value is -1.37. The van der Waals surface area contributed by atoms with Gasteiger partial charge in [0, 0.05) is 7.05 Å². The van der Waals surface area contributed by atoms with Crippen molar-refractivity contribution in [1.82, 2.24) is 9.78 Å². The van der Waals surface area contributed by atoms with E-state index in [1.54, 1.807) is 0 Å². The van der Waals surface area contributed by atoms with E-state index >= 15 is 0 Å². The van der Waals surface area contributed by atoms with Gasteiger partial charge in [-0.3, -0.25) is 9.48 Å². The number of halogens is 3. The predicted molar refractivity (Wildman–Crippen MR) is 41.6 cm³/mol. The van der Waals surface area contributed by atoms with E-state index in [4.69, 9.17) is 5.73 Å². The van der Waals surface area contributed by atoms with Gasteiger partial charge in [0.15, 0.2) is 11.5 Å². The number of carbonyl (C=O) groups excluding carboxylic acids is 1. The largest absolute Gasteiger partial charge is 0.435 e. The maximum absolute atomic E-state index is 12.1. The first-order valence-corrected chi connectivity index (χ1v) is 3.70. The molecule has 1 aromatic rings. The van der Waals surface area contributed by atoms with Crippen molar-refractivity contribution in [3.8, 4) is 0 Å². The van der Waals surface area contributed by atoms with Crippen LogP contribution in [0.4, 0.5) is 13.2 Å². The summed E-state index contributed by atoms with van der Waals surface area (Å²) in [5.74, 6) is -0.574. The van der Waals surface area contributed by atoms with Crippen molar-refractivity contribution in [2.24, 2.45) is 12.8 Å². The quantitative estimate of drug-likeness (QED) is 0.721. The average Bonchev–Trinajstić information content (AvgIpc) is 2.45. The molecule has 14 heavy (non-hydrogen) atoms. The molecule has 1 rings (SSSR count). The normalized spacial score (nSPS) is 11.8. The number of alkyl halides is 3. The number of Topliss-reactive ketones (excluding diaryl/α,β-unsaturated/α-hetero) is 1. The van der Waals surface area contributed by atoms with Crippen molar-refractivity contribution in [3.05, 3.63) is 17.5 Å². The molecule has 0 aliphatic heterocycles. The van der Waals surface area contributed by atoms with Crippen molar-refractivity contribution in [2.75, 3.05) is 6.54 Å². The number of nitrogens with two attached hydrogens (primary N) is 1. The Balaban J connectivity index is 3.12. The van der Waals surface area contributed by atoms with Gasteiger partial charge in [-0.05, 0) is 6.07 Å². The Labute approximate surface area is 77.5 Å². The van der Waals surface area contributed by atoms with Crippen LogP contribution >= 0.6 is 0 Å². The Morgan fingerprint density at radius 3 is 2.57 bits per heavy atom. The van der Waals surface area contributed by atoms with Gasteiger partial charge in [0.05, 0.1) is 6.54 Å². The summed E-state index contributed by atoms with van der Waals surface area (Å²) >= 11 is 0. The molecule has 0 aromatic carbocycles. The molecule has 0 saturated heterocycles. The second-order valence-corrected chi connectivity index (χ2v) is 2.66. The molecule has 7 heteroatoms. The summed E-state index contributed by atoms with van der Waals surface area (Å²) in [7, 11) is 1.26. The first-order chi connectivity index (χ1) is 6.36. The molecule has 4 nitrogen and oxygen atoms in total. The molecule has 0 amide bonds. The Kier molecular flexibility index (Phi) is 2.61. The summed E-state index contributed by atoms with van der Waals surface area (Å²) < 4.78 is 37.3. The second kappa shape index (κ2) is 3.41. The maximum atomic E-state index is 12.1. The van der Waals surface area contributed by atoms with E-state index in [0.717, 1.165) is 4.68 Å². The van der Waals surface area contributed by atoms with Gasteiger partial charge in [-0.2, -0.15) is 18.3 Å². The van der Waals surface area contributed by atoms with E-state index < -0.39 is 17.7 Å². The first kappa shape index (κ1) is 10.7. The molecular formula is C7H8F3N3O. The number of carbonyl (C=O) groups is 1. The number of hydrogen-bond donors (Lipinski definition) is 1. The van der Waals surface area contributed by atoms with Gasteiger partial charge < -0.3 is 5.73 Å².